The number of rotatable bonds is 9. The van der Waals surface area contributed by atoms with Gasteiger partial charge in [-0.1, -0.05) is 23.7 Å². The van der Waals surface area contributed by atoms with Crippen LogP contribution in [0.25, 0.3) is 0 Å². The normalized spacial score (nSPS) is 12.3. The minimum absolute atomic E-state index is 0.138. The van der Waals surface area contributed by atoms with E-state index in [0.29, 0.717) is 30.4 Å². The van der Waals surface area contributed by atoms with E-state index in [1.165, 1.54) is 12.1 Å². The van der Waals surface area contributed by atoms with Gasteiger partial charge in [-0.15, -0.1) is 0 Å². The van der Waals surface area contributed by atoms with Gasteiger partial charge in [0.15, 0.2) is 0 Å². The summed E-state index contributed by atoms with van der Waals surface area (Å²) in [5, 5.41) is 11.0. The Morgan fingerprint density at radius 1 is 1.07 bits per heavy atom. The standard InChI is InChI=1S/C21H21ClFNO3/c22-17-6-8-20(9-7-17)27-15-19(25)13-24(14-21-5-2-10-26-21)12-16-3-1-4-18(23)11-16/h1-11,19,25H,12-15H2/t19-/m1/s1. The largest absolute Gasteiger partial charge is 0.491 e. The second-order valence-electron chi connectivity index (χ2n) is 6.30. The number of halogens is 2. The number of nitrogens with zero attached hydrogens (tertiary/aromatic N) is 1. The van der Waals surface area contributed by atoms with E-state index in [1.807, 2.05) is 23.1 Å². The van der Waals surface area contributed by atoms with Crippen molar-refractivity contribution in [2.45, 2.75) is 19.2 Å². The molecule has 3 aromatic rings. The van der Waals surface area contributed by atoms with E-state index in [-0.39, 0.29) is 12.4 Å². The fourth-order valence-corrected chi connectivity index (χ4v) is 2.90. The molecule has 6 heteroatoms. The maximum Gasteiger partial charge on any atom is 0.123 e. The van der Waals surface area contributed by atoms with Crippen LogP contribution in [0.2, 0.25) is 5.02 Å². The van der Waals surface area contributed by atoms with Gasteiger partial charge in [-0.25, -0.2) is 4.39 Å². The quantitative estimate of drug-likeness (QED) is 0.584. The lowest BCUT2D eigenvalue weighted by molar-refractivity contribution is 0.0604. The Hall–Kier alpha value is -2.34. The molecule has 3 rings (SSSR count). The summed E-state index contributed by atoms with van der Waals surface area (Å²) in [6, 6.07) is 17.1. The van der Waals surface area contributed by atoms with E-state index in [0.717, 1.165) is 11.3 Å². The van der Waals surface area contributed by atoms with Gasteiger partial charge in [0.05, 0.1) is 12.8 Å². The Kier molecular flexibility index (Phi) is 6.87. The predicted molar refractivity (Wildman–Crippen MR) is 102 cm³/mol. The molecule has 0 radical (unpaired) electrons. The van der Waals surface area contributed by atoms with Crippen LogP contribution >= 0.6 is 11.6 Å². The first-order valence-corrected chi connectivity index (χ1v) is 9.02. The Balaban J connectivity index is 1.60. The van der Waals surface area contributed by atoms with Crippen LogP contribution in [0, 0.1) is 5.82 Å². The number of hydrogen-bond acceptors (Lipinski definition) is 4. The second kappa shape index (κ2) is 9.55. The lowest BCUT2D eigenvalue weighted by Crippen LogP contribution is -2.35. The molecule has 142 valence electrons. The maximum absolute atomic E-state index is 13.5. The molecule has 0 unspecified atom stereocenters. The van der Waals surface area contributed by atoms with Crippen molar-refractivity contribution in [2.75, 3.05) is 13.2 Å². The molecule has 1 aromatic heterocycles. The van der Waals surface area contributed by atoms with Gasteiger partial charge in [-0.3, -0.25) is 4.90 Å². The van der Waals surface area contributed by atoms with Gasteiger partial charge in [0.25, 0.3) is 0 Å². The molecule has 1 N–H and O–H groups in total. The molecule has 1 heterocycles. The predicted octanol–water partition coefficient (Wildman–Crippen LogP) is 4.51. The summed E-state index contributed by atoms with van der Waals surface area (Å²) >= 11 is 5.85. The van der Waals surface area contributed by atoms with Crippen molar-refractivity contribution in [3.8, 4) is 5.75 Å². The van der Waals surface area contributed by atoms with Crippen LogP contribution in [0.4, 0.5) is 4.39 Å². The molecule has 1 atom stereocenters. The van der Waals surface area contributed by atoms with E-state index < -0.39 is 6.10 Å². The van der Waals surface area contributed by atoms with E-state index in [2.05, 4.69) is 0 Å². The van der Waals surface area contributed by atoms with Crippen LogP contribution in [0.5, 0.6) is 5.75 Å². The smallest absolute Gasteiger partial charge is 0.123 e. The van der Waals surface area contributed by atoms with Gasteiger partial charge in [0.1, 0.15) is 30.0 Å². The van der Waals surface area contributed by atoms with Crippen LogP contribution < -0.4 is 4.74 Å². The van der Waals surface area contributed by atoms with Crippen LogP contribution in [0.1, 0.15) is 11.3 Å². The number of furan rings is 1. The van der Waals surface area contributed by atoms with Crippen molar-refractivity contribution in [1.29, 1.82) is 0 Å². The molecule has 0 spiro atoms. The van der Waals surface area contributed by atoms with Gasteiger partial charge < -0.3 is 14.3 Å². The SMILES string of the molecule is O[C@@H](COc1ccc(Cl)cc1)CN(Cc1cccc(F)c1)Cc1ccco1. The van der Waals surface area contributed by atoms with E-state index >= 15 is 0 Å². The van der Waals surface area contributed by atoms with Crippen molar-refractivity contribution in [2.24, 2.45) is 0 Å². The summed E-state index contributed by atoms with van der Waals surface area (Å²) in [5.74, 6) is 1.13. The van der Waals surface area contributed by atoms with E-state index in [1.54, 1.807) is 36.6 Å². The Bertz CT molecular complexity index is 824. The van der Waals surface area contributed by atoms with E-state index in [4.69, 9.17) is 20.8 Å². The number of benzene rings is 2. The summed E-state index contributed by atoms with van der Waals surface area (Å²) in [4.78, 5) is 1.99. The zero-order valence-corrected chi connectivity index (χ0v) is 15.5. The maximum atomic E-state index is 13.5. The van der Waals surface area contributed by atoms with Crippen molar-refractivity contribution in [3.63, 3.8) is 0 Å². The van der Waals surface area contributed by atoms with Crippen molar-refractivity contribution < 1.29 is 18.7 Å². The van der Waals surface area contributed by atoms with Gasteiger partial charge in [0.2, 0.25) is 0 Å². The molecule has 0 fully saturated rings. The van der Waals surface area contributed by atoms with Gasteiger partial charge >= 0.3 is 0 Å². The summed E-state index contributed by atoms with van der Waals surface area (Å²) < 4.78 is 24.5. The van der Waals surface area contributed by atoms with Gasteiger partial charge in [0, 0.05) is 18.1 Å². The molecule has 0 aliphatic rings. The molecular weight excluding hydrogens is 369 g/mol. The zero-order valence-electron chi connectivity index (χ0n) is 14.7. The summed E-state index contributed by atoms with van der Waals surface area (Å²) in [6.07, 6.45) is 0.889. The third-order valence-corrected chi connectivity index (χ3v) is 4.23. The zero-order chi connectivity index (χ0) is 19.1. The molecule has 0 saturated heterocycles. The minimum Gasteiger partial charge on any atom is -0.491 e. The Labute approximate surface area is 162 Å². The monoisotopic (exact) mass is 389 g/mol. The summed E-state index contributed by atoms with van der Waals surface area (Å²) in [7, 11) is 0. The Morgan fingerprint density at radius 2 is 1.89 bits per heavy atom. The lowest BCUT2D eigenvalue weighted by atomic mass is 10.2. The molecule has 0 amide bonds. The molecular formula is C21H21ClFNO3. The van der Waals surface area contributed by atoms with Crippen LogP contribution in [-0.4, -0.2) is 29.3 Å². The van der Waals surface area contributed by atoms with Crippen LogP contribution in [0.3, 0.4) is 0 Å². The second-order valence-corrected chi connectivity index (χ2v) is 6.73. The highest BCUT2D eigenvalue weighted by atomic mass is 35.5. The number of hydrogen-bond donors (Lipinski definition) is 1. The molecule has 0 bridgehead atoms. The molecule has 2 aromatic carbocycles. The first-order valence-electron chi connectivity index (χ1n) is 8.64. The highest BCUT2D eigenvalue weighted by molar-refractivity contribution is 6.30. The van der Waals surface area contributed by atoms with Crippen LogP contribution in [0.15, 0.2) is 71.3 Å². The first kappa shape index (κ1) is 19.4. The third-order valence-electron chi connectivity index (χ3n) is 3.98. The van der Waals surface area contributed by atoms with Gasteiger partial charge in [-0.2, -0.15) is 0 Å². The highest BCUT2D eigenvalue weighted by Crippen LogP contribution is 2.16. The molecule has 4 nitrogen and oxygen atoms in total. The molecule has 0 aliphatic carbocycles. The molecule has 0 saturated carbocycles. The number of aliphatic hydroxyl groups excluding tert-OH is 1. The van der Waals surface area contributed by atoms with Crippen molar-refractivity contribution in [1.82, 2.24) is 4.90 Å². The Morgan fingerprint density at radius 3 is 2.59 bits per heavy atom. The number of ether oxygens (including phenoxy) is 1. The fourth-order valence-electron chi connectivity index (χ4n) is 2.78. The minimum atomic E-state index is -0.718. The average Bonchev–Trinajstić information content (AvgIpc) is 3.14. The fraction of sp³-hybridized carbons (Fsp3) is 0.238. The van der Waals surface area contributed by atoms with Crippen LogP contribution in [-0.2, 0) is 13.1 Å². The summed E-state index contributed by atoms with van der Waals surface area (Å²) in [5.41, 5.74) is 0.826. The highest BCUT2D eigenvalue weighted by Gasteiger charge is 2.15. The van der Waals surface area contributed by atoms with Gasteiger partial charge in [-0.05, 0) is 54.1 Å². The van der Waals surface area contributed by atoms with E-state index in [9.17, 15) is 9.50 Å². The molecule has 27 heavy (non-hydrogen) atoms. The van der Waals surface area contributed by atoms with Crippen molar-refractivity contribution >= 4 is 11.6 Å². The van der Waals surface area contributed by atoms with Crippen molar-refractivity contribution in [3.05, 3.63) is 89.1 Å². The molecule has 0 aliphatic heterocycles. The average molecular weight is 390 g/mol. The summed E-state index contributed by atoms with van der Waals surface area (Å²) in [6.45, 7) is 1.47. The lowest BCUT2D eigenvalue weighted by Gasteiger charge is -2.24. The topological polar surface area (TPSA) is 45.8 Å². The first-order chi connectivity index (χ1) is 13.1. The third kappa shape index (κ3) is 6.40. The number of aliphatic hydroxyl groups is 1.